The van der Waals surface area contributed by atoms with Crippen molar-refractivity contribution in [3.63, 3.8) is 0 Å². The van der Waals surface area contributed by atoms with E-state index in [1.54, 1.807) is 11.3 Å². The van der Waals surface area contributed by atoms with E-state index in [-0.39, 0.29) is 0 Å². The van der Waals surface area contributed by atoms with E-state index in [2.05, 4.69) is 46.8 Å². The first kappa shape index (κ1) is 14.2. The van der Waals surface area contributed by atoms with Crippen LogP contribution in [0.3, 0.4) is 0 Å². The quantitative estimate of drug-likeness (QED) is 0.698. The van der Waals surface area contributed by atoms with Gasteiger partial charge in [0.05, 0.1) is 4.99 Å². The summed E-state index contributed by atoms with van der Waals surface area (Å²) >= 11 is 6.77. The van der Waals surface area contributed by atoms with E-state index < -0.39 is 0 Å². The molecule has 0 spiro atoms. The average Bonchev–Trinajstić information content (AvgIpc) is 3.08. The highest BCUT2D eigenvalue weighted by Gasteiger charge is 2.14. The Morgan fingerprint density at radius 2 is 2.29 bits per heavy atom. The summed E-state index contributed by atoms with van der Waals surface area (Å²) in [5.74, 6) is 0. The Kier molecular flexibility index (Phi) is 4.03. The first-order chi connectivity index (χ1) is 10.2. The molecule has 3 aromatic rings. The molecule has 2 aromatic heterocycles. The van der Waals surface area contributed by atoms with E-state index in [0.29, 0.717) is 11.4 Å². The lowest BCUT2D eigenvalue weighted by Crippen LogP contribution is -2.11. The molecule has 0 amide bonds. The number of thiophene rings is 1. The fraction of sp³-hybridized carbons (Fsp3) is 0.250. The summed E-state index contributed by atoms with van der Waals surface area (Å²) in [4.78, 5) is 1.73. The normalized spacial score (nSPS) is 11.1. The van der Waals surface area contributed by atoms with Crippen LogP contribution in [0.15, 0.2) is 29.6 Å². The third-order valence-electron chi connectivity index (χ3n) is 3.47. The van der Waals surface area contributed by atoms with Crippen molar-refractivity contribution < 1.29 is 0 Å². The third-order valence-corrected chi connectivity index (χ3v) is 4.52. The van der Waals surface area contributed by atoms with Gasteiger partial charge in [0.2, 0.25) is 0 Å². The van der Waals surface area contributed by atoms with Crippen molar-refractivity contribution in [2.45, 2.75) is 26.2 Å². The third kappa shape index (κ3) is 2.84. The van der Waals surface area contributed by atoms with Crippen LogP contribution in [0.25, 0.3) is 21.3 Å². The maximum atomic E-state index is 5.69. The lowest BCUT2D eigenvalue weighted by Gasteiger charge is -2.06. The second kappa shape index (κ2) is 5.95. The molecule has 3 N–H and O–H groups in total. The number of nitrogens with zero attached hydrogens (tertiary/aromatic N) is 1. The van der Waals surface area contributed by atoms with Crippen LogP contribution in [-0.2, 0) is 12.8 Å². The van der Waals surface area contributed by atoms with Crippen LogP contribution in [0.4, 0.5) is 0 Å². The highest BCUT2D eigenvalue weighted by Crippen LogP contribution is 2.33. The Morgan fingerprint density at radius 1 is 1.43 bits per heavy atom. The molecule has 2 heterocycles. The number of hydrogen-bond donors (Lipinski definition) is 2. The SMILES string of the molecule is CCCc1cc(-c2cccs2)c2n[nH]c(CC(N)=S)c2c1. The van der Waals surface area contributed by atoms with E-state index in [9.17, 15) is 0 Å². The number of fused-ring (bicyclic) bond motifs is 1. The number of aryl methyl sites for hydroxylation is 1. The number of nitrogens with two attached hydrogens (primary N) is 1. The molecular weight excluding hydrogens is 298 g/mol. The van der Waals surface area contributed by atoms with Gasteiger partial charge in [-0.2, -0.15) is 5.10 Å². The minimum absolute atomic E-state index is 0.485. The standard InChI is InChI=1S/C16H17N3S2/c1-2-4-10-7-11-13(9-15(17)20)18-19-16(11)12(8-10)14-5-3-6-21-14/h3,5-8H,2,4,9H2,1H3,(H2,17,20)(H,18,19). The molecule has 0 aliphatic heterocycles. The van der Waals surface area contributed by atoms with Crippen molar-refractivity contribution in [2.75, 3.05) is 0 Å². The van der Waals surface area contributed by atoms with Gasteiger partial charge in [-0.1, -0.05) is 31.6 Å². The Labute approximate surface area is 133 Å². The summed E-state index contributed by atoms with van der Waals surface area (Å²) in [6, 6.07) is 8.67. The zero-order valence-corrected chi connectivity index (χ0v) is 13.5. The molecule has 21 heavy (non-hydrogen) atoms. The number of rotatable bonds is 5. The molecule has 3 rings (SSSR count). The fourth-order valence-electron chi connectivity index (χ4n) is 2.59. The summed E-state index contributed by atoms with van der Waals surface area (Å²) < 4.78 is 0. The number of benzene rings is 1. The number of aromatic nitrogens is 2. The number of aromatic amines is 1. The first-order valence-electron chi connectivity index (χ1n) is 7.01. The van der Waals surface area contributed by atoms with Gasteiger partial charge in [-0.3, -0.25) is 5.10 Å². The molecule has 0 fully saturated rings. The van der Waals surface area contributed by atoms with Gasteiger partial charge in [0, 0.05) is 27.9 Å². The van der Waals surface area contributed by atoms with Gasteiger partial charge in [-0.25, -0.2) is 0 Å². The fourth-order valence-corrected chi connectivity index (χ4v) is 3.48. The molecule has 5 heteroatoms. The monoisotopic (exact) mass is 315 g/mol. The van der Waals surface area contributed by atoms with Crippen molar-refractivity contribution in [2.24, 2.45) is 5.73 Å². The predicted octanol–water partition coefficient (Wildman–Crippen LogP) is 4.07. The van der Waals surface area contributed by atoms with Crippen molar-refractivity contribution in [3.05, 3.63) is 40.9 Å². The molecule has 0 saturated heterocycles. The molecule has 0 aliphatic carbocycles. The van der Waals surface area contributed by atoms with Crippen LogP contribution in [0.1, 0.15) is 24.6 Å². The van der Waals surface area contributed by atoms with Gasteiger partial charge in [-0.15, -0.1) is 11.3 Å². The van der Waals surface area contributed by atoms with Crippen molar-refractivity contribution in [3.8, 4) is 10.4 Å². The van der Waals surface area contributed by atoms with E-state index in [0.717, 1.165) is 29.4 Å². The molecule has 0 atom stereocenters. The average molecular weight is 315 g/mol. The molecule has 0 unspecified atom stereocenters. The molecular formula is C16H17N3S2. The van der Waals surface area contributed by atoms with E-state index in [1.165, 1.54) is 16.0 Å². The summed E-state index contributed by atoms with van der Waals surface area (Å²) in [5.41, 5.74) is 10.2. The zero-order valence-electron chi connectivity index (χ0n) is 11.8. The molecule has 3 nitrogen and oxygen atoms in total. The van der Waals surface area contributed by atoms with Crippen LogP contribution in [0.2, 0.25) is 0 Å². The van der Waals surface area contributed by atoms with E-state index in [4.69, 9.17) is 18.0 Å². The first-order valence-corrected chi connectivity index (χ1v) is 8.30. The number of H-pyrrole nitrogens is 1. The zero-order chi connectivity index (χ0) is 14.8. The molecule has 1 aromatic carbocycles. The Morgan fingerprint density at radius 3 is 2.95 bits per heavy atom. The maximum Gasteiger partial charge on any atom is 0.101 e. The van der Waals surface area contributed by atoms with Gasteiger partial charge < -0.3 is 5.73 Å². The Bertz CT molecular complexity index is 772. The van der Waals surface area contributed by atoms with E-state index >= 15 is 0 Å². The van der Waals surface area contributed by atoms with Crippen molar-refractivity contribution in [1.29, 1.82) is 0 Å². The second-order valence-electron chi connectivity index (χ2n) is 5.11. The van der Waals surface area contributed by atoms with E-state index in [1.807, 2.05) is 0 Å². The predicted molar refractivity (Wildman–Crippen MR) is 93.9 cm³/mol. The Hall–Kier alpha value is -1.72. The Balaban J connectivity index is 2.21. The van der Waals surface area contributed by atoms with Gasteiger partial charge in [-0.05, 0) is 35.6 Å². The minimum Gasteiger partial charge on any atom is -0.393 e. The molecule has 0 aliphatic rings. The van der Waals surface area contributed by atoms with Gasteiger partial charge >= 0.3 is 0 Å². The van der Waals surface area contributed by atoms with Crippen LogP contribution in [-0.4, -0.2) is 15.2 Å². The van der Waals surface area contributed by atoms with Gasteiger partial charge in [0.25, 0.3) is 0 Å². The summed E-state index contributed by atoms with van der Waals surface area (Å²) in [6.07, 6.45) is 2.75. The lowest BCUT2D eigenvalue weighted by molar-refractivity contribution is 0.924. The van der Waals surface area contributed by atoms with Crippen molar-refractivity contribution in [1.82, 2.24) is 10.2 Å². The highest BCUT2D eigenvalue weighted by atomic mass is 32.1. The molecule has 0 saturated carbocycles. The van der Waals surface area contributed by atoms with Gasteiger partial charge in [0.15, 0.2) is 0 Å². The molecule has 108 valence electrons. The van der Waals surface area contributed by atoms with Crippen LogP contribution in [0.5, 0.6) is 0 Å². The summed E-state index contributed by atoms with van der Waals surface area (Å²) in [5, 5.41) is 10.8. The summed E-state index contributed by atoms with van der Waals surface area (Å²) in [6.45, 7) is 2.19. The summed E-state index contributed by atoms with van der Waals surface area (Å²) in [7, 11) is 0. The van der Waals surface area contributed by atoms with Crippen LogP contribution in [0, 0.1) is 0 Å². The number of nitrogens with one attached hydrogen (secondary N) is 1. The van der Waals surface area contributed by atoms with Crippen LogP contribution < -0.4 is 5.73 Å². The van der Waals surface area contributed by atoms with Crippen molar-refractivity contribution >= 4 is 39.4 Å². The number of thiocarbonyl (C=S) groups is 1. The second-order valence-corrected chi connectivity index (χ2v) is 6.58. The highest BCUT2D eigenvalue weighted by molar-refractivity contribution is 7.80. The smallest absolute Gasteiger partial charge is 0.101 e. The topological polar surface area (TPSA) is 54.7 Å². The van der Waals surface area contributed by atoms with Gasteiger partial charge in [0.1, 0.15) is 5.52 Å². The largest absolute Gasteiger partial charge is 0.393 e. The lowest BCUT2D eigenvalue weighted by atomic mass is 10.0. The molecule has 0 bridgehead atoms. The number of hydrogen-bond acceptors (Lipinski definition) is 3. The van der Waals surface area contributed by atoms with Crippen LogP contribution >= 0.6 is 23.6 Å². The molecule has 0 radical (unpaired) electrons. The maximum absolute atomic E-state index is 5.69. The minimum atomic E-state index is 0.485.